The van der Waals surface area contributed by atoms with Gasteiger partial charge in [-0.2, -0.15) is 0 Å². The molecule has 0 saturated carbocycles. The summed E-state index contributed by atoms with van der Waals surface area (Å²) in [7, 11) is 1.66. The first-order valence-corrected chi connectivity index (χ1v) is 6.12. The first-order chi connectivity index (χ1) is 8.29. The Morgan fingerprint density at radius 3 is 2.17 bits per heavy atom. The summed E-state index contributed by atoms with van der Waals surface area (Å²) in [6.45, 7) is 6.22. The number of carbonyl (C=O) groups is 2. The van der Waals surface area contributed by atoms with E-state index in [0.29, 0.717) is 12.0 Å². The van der Waals surface area contributed by atoms with Gasteiger partial charge in [0.1, 0.15) is 0 Å². The van der Waals surface area contributed by atoms with Gasteiger partial charge in [0.25, 0.3) is 5.91 Å². The summed E-state index contributed by atoms with van der Waals surface area (Å²) in [5, 5.41) is 0. The Hall–Kier alpha value is -1.64. The van der Waals surface area contributed by atoms with Crippen molar-refractivity contribution in [3.63, 3.8) is 0 Å². The number of hydrogen-bond acceptors (Lipinski definition) is 2. The summed E-state index contributed by atoms with van der Waals surface area (Å²) in [6.07, 6.45) is 0.486. The molecular weight excluding hydrogens is 226 g/mol. The van der Waals surface area contributed by atoms with Gasteiger partial charge in [0.05, 0.1) is 6.54 Å². The fourth-order valence-corrected chi connectivity index (χ4v) is 1.78. The third-order valence-electron chi connectivity index (χ3n) is 2.51. The zero-order valence-corrected chi connectivity index (χ0v) is 11.6. The third-order valence-corrected chi connectivity index (χ3v) is 2.51. The molecule has 0 N–H and O–H groups in total. The van der Waals surface area contributed by atoms with E-state index in [9.17, 15) is 9.59 Å². The Balaban J connectivity index is 2.59. The van der Waals surface area contributed by atoms with Gasteiger partial charge in [-0.05, 0) is 17.5 Å². The number of likely N-dealkylation sites (N-methyl/N-ethyl adjacent to an activating group) is 1. The molecule has 3 heteroatoms. The highest BCUT2D eigenvalue weighted by molar-refractivity contribution is 5.96. The van der Waals surface area contributed by atoms with Gasteiger partial charge in [0, 0.05) is 19.0 Å². The van der Waals surface area contributed by atoms with Crippen LogP contribution in [0.5, 0.6) is 0 Å². The first-order valence-electron chi connectivity index (χ1n) is 6.12. The SMILES string of the molecule is CN(CC(=O)CC(C)(C)C)C(=O)c1ccccc1. The summed E-state index contributed by atoms with van der Waals surface area (Å²) in [6, 6.07) is 9.01. The van der Waals surface area contributed by atoms with Crippen molar-refractivity contribution in [1.82, 2.24) is 4.90 Å². The minimum Gasteiger partial charge on any atom is -0.334 e. The van der Waals surface area contributed by atoms with E-state index >= 15 is 0 Å². The Bertz CT molecular complexity index is 418. The molecule has 0 aliphatic carbocycles. The van der Waals surface area contributed by atoms with Crippen molar-refractivity contribution in [2.45, 2.75) is 27.2 Å². The molecule has 0 bridgehead atoms. The number of benzene rings is 1. The molecule has 1 rings (SSSR count). The molecule has 1 amide bonds. The Morgan fingerprint density at radius 1 is 1.11 bits per heavy atom. The molecule has 0 unspecified atom stereocenters. The second kappa shape index (κ2) is 5.80. The van der Waals surface area contributed by atoms with Crippen molar-refractivity contribution in [2.24, 2.45) is 5.41 Å². The molecule has 0 atom stereocenters. The molecular formula is C15H21NO2. The van der Waals surface area contributed by atoms with Gasteiger partial charge in [0.2, 0.25) is 0 Å². The highest BCUT2D eigenvalue weighted by Crippen LogP contribution is 2.18. The maximum Gasteiger partial charge on any atom is 0.253 e. The topological polar surface area (TPSA) is 37.4 Å². The Kier molecular flexibility index (Phi) is 4.65. The summed E-state index contributed by atoms with van der Waals surface area (Å²) in [5.74, 6) is -0.0212. The van der Waals surface area contributed by atoms with Crippen LogP contribution in [0.2, 0.25) is 0 Å². The second-order valence-electron chi connectivity index (χ2n) is 5.80. The molecule has 1 aromatic rings. The van der Waals surface area contributed by atoms with Crippen LogP contribution >= 0.6 is 0 Å². The molecule has 0 fully saturated rings. The zero-order valence-electron chi connectivity index (χ0n) is 11.6. The van der Waals surface area contributed by atoms with E-state index in [0.717, 1.165) is 0 Å². The number of nitrogens with zero attached hydrogens (tertiary/aromatic N) is 1. The lowest BCUT2D eigenvalue weighted by molar-refractivity contribution is -0.121. The maximum absolute atomic E-state index is 12.0. The summed E-state index contributed by atoms with van der Waals surface area (Å²) >= 11 is 0. The first kappa shape index (κ1) is 14.4. The average molecular weight is 247 g/mol. The Morgan fingerprint density at radius 2 is 1.67 bits per heavy atom. The van der Waals surface area contributed by atoms with Crippen molar-refractivity contribution in [1.29, 1.82) is 0 Å². The van der Waals surface area contributed by atoms with E-state index in [1.807, 2.05) is 39.0 Å². The van der Waals surface area contributed by atoms with Gasteiger partial charge in [0.15, 0.2) is 5.78 Å². The van der Waals surface area contributed by atoms with Crippen LogP contribution in [0, 0.1) is 5.41 Å². The van der Waals surface area contributed by atoms with Gasteiger partial charge >= 0.3 is 0 Å². The van der Waals surface area contributed by atoms with Crippen LogP contribution in [0.25, 0.3) is 0 Å². The monoisotopic (exact) mass is 247 g/mol. The lowest BCUT2D eigenvalue weighted by Gasteiger charge is -2.20. The fourth-order valence-electron chi connectivity index (χ4n) is 1.78. The molecule has 1 aromatic carbocycles. The number of hydrogen-bond donors (Lipinski definition) is 0. The number of carbonyl (C=O) groups excluding carboxylic acids is 2. The third kappa shape index (κ3) is 4.70. The van der Waals surface area contributed by atoms with Gasteiger partial charge < -0.3 is 4.90 Å². The van der Waals surface area contributed by atoms with Crippen LogP contribution in [0.4, 0.5) is 0 Å². The minimum absolute atomic E-state index is 0.0340. The molecule has 3 nitrogen and oxygen atoms in total. The number of Topliss-reactive ketones (excluding diaryl/α,β-unsaturated/α-hetero) is 1. The minimum atomic E-state index is -0.113. The highest BCUT2D eigenvalue weighted by Gasteiger charge is 2.19. The Labute approximate surface area is 109 Å². The van der Waals surface area contributed by atoms with E-state index in [1.165, 1.54) is 4.90 Å². The summed E-state index contributed by atoms with van der Waals surface area (Å²) < 4.78 is 0. The second-order valence-corrected chi connectivity index (χ2v) is 5.80. The van der Waals surface area contributed by atoms with Crippen molar-refractivity contribution in [3.05, 3.63) is 35.9 Å². The average Bonchev–Trinajstić information content (AvgIpc) is 2.26. The van der Waals surface area contributed by atoms with E-state index in [-0.39, 0.29) is 23.7 Å². The van der Waals surface area contributed by atoms with Crippen LogP contribution < -0.4 is 0 Å². The molecule has 98 valence electrons. The van der Waals surface area contributed by atoms with E-state index in [2.05, 4.69) is 0 Å². The van der Waals surface area contributed by atoms with Crippen LogP contribution in [0.1, 0.15) is 37.6 Å². The quantitative estimate of drug-likeness (QED) is 0.820. The van der Waals surface area contributed by atoms with Crippen molar-refractivity contribution >= 4 is 11.7 Å². The van der Waals surface area contributed by atoms with E-state index < -0.39 is 0 Å². The molecule has 0 spiro atoms. The van der Waals surface area contributed by atoms with Gasteiger partial charge in [-0.25, -0.2) is 0 Å². The molecule has 0 aliphatic rings. The molecule has 0 aliphatic heterocycles. The van der Waals surface area contributed by atoms with Crippen molar-refractivity contribution in [2.75, 3.05) is 13.6 Å². The largest absolute Gasteiger partial charge is 0.334 e. The van der Waals surface area contributed by atoms with Gasteiger partial charge in [-0.15, -0.1) is 0 Å². The summed E-state index contributed by atoms with van der Waals surface area (Å²) in [4.78, 5) is 25.3. The normalized spacial score (nSPS) is 11.1. The fraction of sp³-hybridized carbons (Fsp3) is 0.467. The van der Waals surface area contributed by atoms with Crippen molar-refractivity contribution in [3.8, 4) is 0 Å². The lowest BCUT2D eigenvalue weighted by Crippen LogP contribution is -2.33. The van der Waals surface area contributed by atoms with Crippen molar-refractivity contribution < 1.29 is 9.59 Å². The van der Waals surface area contributed by atoms with E-state index in [1.54, 1.807) is 19.2 Å². The molecule has 18 heavy (non-hydrogen) atoms. The van der Waals surface area contributed by atoms with E-state index in [4.69, 9.17) is 0 Å². The predicted molar refractivity (Wildman–Crippen MR) is 72.5 cm³/mol. The number of amides is 1. The molecule has 0 saturated heterocycles. The zero-order chi connectivity index (χ0) is 13.8. The lowest BCUT2D eigenvalue weighted by atomic mass is 9.90. The van der Waals surface area contributed by atoms with Gasteiger partial charge in [-0.3, -0.25) is 9.59 Å². The van der Waals surface area contributed by atoms with Crippen LogP contribution in [0.3, 0.4) is 0 Å². The standard InChI is InChI=1S/C15H21NO2/c1-15(2,3)10-13(17)11-16(4)14(18)12-8-6-5-7-9-12/h5-9H,10-11H2,1-4H3. The number of ketones is 1. The number of rotatable bonds is 4. The van der Waals surface area contributed by atoms with Crippen LogP contribution in [-0.2, 0) is 4.79 Å². The molecule has 0 heterocycles. The summed E-state index contributed by atoms with van der Waals surface area (Å²) in [5.41, 5.74) is 0.580. The predicted octanol–water partition coefficient (Wildman–Crippen LogP) is 2.76. The van der Waals surface area contributed by atoms with Gasteiger partial charge in [-0.1, -0.05) is 39.0 Å². The van der Waals surface area contributed by atoms with Crippen LogP contribution in [-0.4, -0.2) is 30.2 Å². The molecule has 0 radical (unpaired) electrons. The van der Waals surface area contributed by atoms with Crippen LogP contribution in [0.15, 0.2) is 30.3 Å². The highest BCUT2D eigenvalue weighted by atomic mass is 16.2. The smallest absolute Gasteiger partial charge is 0.253 e. The molecule has 0 aromatic heterocycles. The maximum atomic E-state index is 12.0.